The first-order valence-electron chi connectivity index (χ1n) is 6.22. The van der Waals surface area contributed by atoms with Crippen LogP contribution in [0.5, 0.6) is 0 Å². The lowest BCUT2D eigenvalue weighted by atomic mass is 10.1. The number of benzene rings is 2. The highest BCUT2D eigenvalue weighted by Crippen LogP contribution is 2.14. The molecule has 0 radical (unpaired) electrons. The fraction of sp³-hybridized carbons (Fsp3) is 0.0625. The maximum Gasteiger partial charge on any atom is 0.277 e. The molecule has 0 unspecified atom stereocenters. The summed E-state index contributed by atoms with van der Waals surface area (Å²) in [6.45, 7) is -0.439. The zero-order valence-electron chi connectivity index (χ0n) is 11.0. The van der Waals surface area contributed by atoms with Crippen LogP contribution in [-0.4, -0.2) is 12.5 Å². The van der Waals surface area contributed by atoms with E-state index < -0.39 is 6.69 Å². The van der Waals surface area contributed by atoms with Gasteiger partial charge in [-0.05, 0) is 23.4 Å². The van der Waals surface area contributed by atoms with Gasteiger partial charge in [-0.2, -0.15) is 0 Å². The second kappa shape index (κ2) is 6.40. The molecule has 0 aliphatic rings. The maximum absolute atomic E-state index is 11.9. The molecule has 0 fully saturated rings. The monoisotopic (exact) mass is 320 g/mol. The molecule has 2 rings (SSSR count). The molecule has 0 amide bonds. The number of carbonyl (C=O) groups excluding carboxylic acids is 1. The van der Waals surface area contributed by atoms with Crippen LogP contribution in [0, 0.1) is 0 Å². The smallest absolute Gasteiger partial charge is 0.277 e. The standard InChI is InChI=1S/C16H14Cl2OSi/c1-20(17,18)15-10-7-13(8-11-15)9-12-16(19)14-5-3-2-4-6-14/h2-12H,1H3. The van der Waals surface area contributed by atoms with Crippen LogP contribution in [0.3, 0.4) is 0 Å². The Bertz CT molecular complexity index is 613. The van der Waals surface area contributed by atoms with Crippen LogP contribution < -0.4 is 5.19 Å². The molecule has 2 aromatic rings. The highest BCUT2D eigenvalue weighted by atomic mass is 35.7. The molecule has 102 valence electrons. The third kappa shape index (κ3) is 4.07. The molecule has 4 heteroatoms. The molecule has 0 aromatic heterocycles. The topological polar surface area (TPSA) is 17.1 Å². The number of ketones is 1. The quantitative estimate of drug-likeness (QED) is 0.354. The van der Waals surface area contributed by atoms with Crippen molar-refractivity contribution in [2.45, 2.75) is 6.55 Å². The van der Waals surface area contributed by atoms with Gasteiger partial charge < -0.3 is 0 Å². The van der Waals surface area contributed by atoms with Crippen molar-refractivity contribution in [1.82, 2.24) is 0 Å². The summed E-state index contributed by atoms with van der Waals surface area (Å²) in [5.74, 6) is -0.0106. The van der Waals surface area contributed by atoms with Crippen molar-refractivity contribution in [3.63, 3.8) is 0 Å². The van der Waals surface area contributed by atoms with Crippen LogP contribution in [0.4, 0.5) is 0 Å². The fourth-order valence-electron chi connectivity index (χ4n) is 1.76. The first-order valence-corrected chi connectivity index (χ1v) is 10.7. The third-order valence-electron chi connectivity index (χ3n) is 2.90. The molecular weight excluding hydrogens is 307 g/mol. The van der Waals surface area contributed by atoms with E-state index in [9.17, 15) is 4.79 Å². The second-order valence-electron chi connectivity index (χ2n) is 4.57. The first kappa shape index (κ1) is 15.0. The summed E-state index contributed by atoms with van der Waals surface area (Å²) < 4.78 is 0. The Morgan fingerprint density at radius 2 is 1.60 bits per heavy atom. The lowest BCUT2D eigenvalue weighted by Gasteiger charge is -2.10. The number of allylic oxidation sites excluding steroid dienone is 1. The molecule has 0 bridgehead atoms. The number of hydrogen-bond donors (Lipinski definition) is 0. The van der Waals surface area contributed by atoms with E-state index >= 15 is 0 Å². The van der Waals surface area contributed by atoms with E-state index in [1.807, 2.05) is 49.0 Å². The van der Waals surface area contributed by atoms with Gasteiger partial charge in [0.25, 0.3) is 6.69 Å². The van der Waals surface area contributed by atoms with Gasteiger partial charge in [0.15, 0.2) is 5.78 Å². The lowest BCUT2D eigenvalue weighted by Crippen LogP contribution is -2.32. The minimum atomic E-state index is -2.30. The van der Waals surface area contributed by atoms with E-state index in [0.717, 1.165) is 10.8 Å². The Labute approximate surface area is 129 Å². The predicted molar refractivity (Wildman–Crippen MR) is 89.2 cm³/mol. The van der Waals surface area contributed by atoms with Crippen molar-refractivity contribution in [3.05, 3.63) is 71.8 Å². The van der Waals surface area contributed by atoms with Gasteiger partial charge >= 0.3 is 0 Å². The summed E-state index contributed by atoms with van der Waals surface area (Å²) in [6.07, 6.45) is 3.36. The summed E-state index contributed by atoms with van der Waals surface area (Å²) in [4.78, 5) is 11.9. The number of rotatable bonds is 4. The summed E-state index contributed by atoms with van der Waals surface area (Å²) in [5.41, 5.74) is 1.63. The molecule has 0 saturated heterocycles. The average Bonchev–Trinajstić information content (AvgIpc) is 2.45. The Balaban J connectivity index is 2.11. The van der Waals surface area contributed by atoms with Gasteiger partial charge in [0.1, 0.15) is 0 Å². The van der Waals surface area contributed by atoms with Gasteiger partial charge in [-0.1, -0.05) is 60.7 Å². The van der Waals surface area contributed by atoms with E-state index in [1.165, 1.54) is 0 Å². The van der Waals surface area contributed by atoms with E-state index in [1.54, 1.807) is 24.3 Å². The molecule has 0 aliphatic heterocycles. The molecule has 0 aliphatic carbocycles. The maximum atomic E-state index is 11.9. The number of hydrogen-bond acceptors (Lipinski definition) is 1. The Morgan fingerprint density at radius 1 is 1.00 bits per heavy atom. The molecular formula is C16H14Cl2OSi. The number of halogens is 2. The summed E-state index contributed by atoms with van der Waals surface area (Å²) >= 11 is 12.3. The molecule has 2 aromatic carbocycles. The molecule has 0 N–H and O–H groups in total. The Hall–Kier alpha value is -1.35. The first-order chi connectivity index (χ1) is 9.47. The van der Waals surface area contributed by atoms with Gasteiger partial charge in [-0.3, -0.25) is 4.79 Å². The lowest BCUT2D eigenvalue weighted by molar-refractivity contribution is 0.104. The van der Waals surface area contributed by atoms with Crippen LogP contribution in [0.25, 0.3) is 6.08 Å². The van der Waals surface area contributed by atoms with Gasteiger partial charge in [0.2, 0.25) is 0 Å². The van der Waals surface area contributed by atoms with Crippen LogP contribution in [-0.2, 0) is 0 Å². The van der Waals surface area contributed by atoms with Crippen molar-refractivity contribution in [2.75, 3.05) is 0 Å². The SMILES string of the molecule is C[Si](Cl)(Cl)c1ccc(C=CC(=O)c2ccccc2)cc1. The molecule has 0 saturated carbocycles. The van der Waals surface area contributed by atoms with Gasteiger partial charge in [-0.25, -0.2) is 0 Å². The fourth-order valence-corrected chi connectivity index (χ4v) is 3.27. The zero-order valence-corrected chi connectivity index (χ0v) is 13.5. The third-order valence-corrected chi connectivity index (χ3v) is 5.56. The van der Waals surface area contributed by atoms with Crippen LogP contribution in [0.1, 0.15) is 15.9 Å². The highest BCUT2D eigenvalue weighted by Gasteiger charge is 2.23. The van der Waals surface area contributed by atoms with Crippen molar-refractivity contribution in [3.8, 4) is 0 Å². The largest absolute Gasteiger partial charge is 0.289 e. The summed E-state index contributed by atoms with van der Waals surface area (Å²) in [5, 5.41) is 0.965. The normalized spacial score (nSPS) is 11.8. The molecule has 0 spiro atoms. The summed E-state index contributed by atoms with van der Waals surface area (Å²) in [6, 6.07) is 16.8. The van der Waals surface area contributed by atoms with E-state index in [4.69, 9.17) is 22.2 Å². The zero-order chi connectivity index (χ0) is 14.6. The predicted octanol–water partition coefficient (Wildman–Crippen LogP) is 4.34. The van der Waals surface area contributed by atoms with Gasteiger partial charge in [0.05, 0.1) is 0 Å². The van der Waals surface area contributed by atoms with E-state index in [0.29, 0.717) is 5.56 Å². The van der Waals surface area contributed by atoms with Gasteiger partial charge in [0, 0.05) is 5.56 Å². The van der Waals surface area contributed by atoms with Crippen molar-refractivity contribution in [1.29, 1.82) is 0 Å². The molecule has 0 heterocycles. The van der Waals surface area contributed by atoms with Crippen molar-refractivity contribution >= 4 is 45.9 Å². The Kier molecular flexibility index (Phi) is 4.81. The molecule has 20 heavy (non-hydrogen) atoms. The van der Waals surface area contributed by atoms with E-state index in [-0.39, 0.29) is 5.78 Å². The Morgan fingerprint density at radius 3 is 2.15 bits per heavy atom. The number of carbonyl (C=O) groups is 1. The average molecular weight is 321 g/mol. The minimum Gasteiger partial charge on any atom is -0.289 e. The van der Waals surface area contributed by atoms with Crippen molar-refractivity contribution in [2.24, 2.45) is 0 Å². The second-order valence-corrected chi connectivity index (χ2v) is 12.0. The van der Waals surface area contributed by atoms with E-state index in [2.05, 4.69) is 0 Å². The molecule has 0 atom stereocenters. The van der Waals surface area contributed by atoms with Crippen LogP contribution >= 0.6 is 22.2 Å². The summed E-state index contributed by atoms with van der Waals surface area (Å²) in [7, 11) is 0. The van der Waals surface area contributed by atoms with Crippen LogP contribution in [0.2, 0.25) is 6.55 Å². The molecule has 1 nitrogen and oxygen atoms in total. The highest BCUT2D eigenvalue weighted by molar-refractivity contribution is 7.50. The van der Waals surface area contributed by atoms with Gasteiger partial charge in [-0.15, -0.1) is 22.2 Å². The minimum absolute atomic E-state index is 0.0106. The van der Waals surface area contributed by atoms with Crippen LogP contribution in [0.15, 0.2) is 60.7 Å². The van der Waals surface area contributed by atoms with Crippen molar-refractivity contribution < 1.29 is 4.79 Å².